The van der Waals surface area contributed by atoms with Crippen LogP contribution in [0.2, 0.25) is 0 Å². The van der Waals surface area contributed by atoms with Gasteiger partial charge in [0.1, 0.15) is 12.5 Å². The van der Waals surface area contributed by atoms with E-state index in [1.54, 1.807) is 19.1 Å². The largest absolute Gasteiger partial charge is 0.416 e. The molecule has 0 aromatic heterocycles. The summed E-state index contributed by atoms with van der Waals surface area (Å²) in [6, 6.07) is 8.48. The fraction of sp³-hybridized carbons (Fsp3) is 0.400. The van der Waals surface area contributed by atoms with Crippen LogP contribution in [-0.2, 0) is 22.3 Å². The number of ether oxygens (including phenoxy) is 2. The lowest BCUT2D eigenvalue weighted by molar-refractivity contribution is -0.200. The van der Waals surface area contributed by atoms with Gasteiger partial charge in [0, 0.05) is 6.54 Å². The van der Waals surface area contributed by atoms with Crippen LogP contribution in [0.15, 0.2) is 42.5 Å². The summed E-state index contributed by atoms with van der Waals surface area (Å²) in [7, 11) is 0. The van der Waals surface area contributed by atoms with Crippen molar-refractivity contribution in [3.8, 4) is 0 Å². The Hall–Kier alpha value is -2.03. The highest BCUT2D eigenvalue weighted by Gasteiger charge is 2.33. The molecule has 0 saturated carbocycles. The van der Waals surface area contributed by atoms with Crippen molar-refractivity contribution in [3.05, 3.63) is 70.5 Å². The standard InChI is InChI=1S/C20H20F5NO2/c1-12(15-8-13(11-21)9-16(10-15)20(23,24)25)28-19-18(26-6-7-27-19)14-2-4-17(22)5-3-14/h2-5,8-10,12,18-19,26H,6-7,11H2,1H3/t12-,18?,19-/m1/s1. The number of hydrogen-bond acceptors (Lipinski definition) is 3. The molecule has 0 bridgehead atoms. The van der Waals surface area contributed by atoms with Crippen molar-refractivity contribution in [1.82, 2.24) is 5.32 Å². The van der Waals surface area contributed by atoms with Crippen molar-refractivity contribution in [2.45, 2.75) is 38.2 Å². The minimum Gasteiger partial charge on any atom is -0.349 e. The molecule has 1 fully saturated rings. The SMILES string of the molecule is C[C@@H](O[C@H]1OCCNC1c1ccc(F)cc1)c1cc(CF)cc(C(F)(F)F)c1. The topological polar surface area (TPSA) is 30.5 Å². The van der Waals surface area contributed by atoms with Gasteiger partial charge in [-0.05, 0) is 47.9 Å². The lowest BCUT2D eigenvalue weighted by atomic mass is 10.0. The average Bonchev–Trinajstić information content (AvgIpc) is 2.68. The quantitative estimate of drug-likeness (QED) is 0.709. The molecule has 152 valence electrons. The molecule has 1 aliphatic rings. The van der Waals surface area contributed by atoms with E-state index >= 15 is 0 Å². The first kappa shape index (κ1) is 20.7. The lowest BCUT2D eigenvalue weighted by Gasteiger charge is -2.34. The molecule has 3 rings (SSSR count). The minimum absolute atomic E-state index is 0.0713. The van der Waals surface area contributed by atoms with Gasteiger partial charge in [-0.1, -0.05) is 18.2 Å². The number of rotatable bonds is 5. The van der Waals surface area contributed by atoms with Crippen LogP contribution >= 0.6 is 0 Å². The number of benzene rings is 2. The minimum atomic E-state index is -4.58. The van der Waals surface area contributed by atoms with Gasteiger partial charge in [-0.3, -0.25) is 0 Å². The molecule has 0 aliphatic carbocycles. The third-order valence-corrected chi connectivity index (χ3v) is 4.55. The van der Waals surface area contributed by atoms with Gasteiger partial charge in [0.2, 0.25) is 0 Å². The average molecular weight is 401 g/mol. The van der Waals surface area contributed by atoms with Crippen molar-refractivity contribution in [2.75, 3.05) is 13.2 Å². The van der Waals surface area contributed by atoms with Crippen LogP contribution in [0.4, 0.5) is 22.0 Å². The van der Waals surface area contributed by atoms with Crippen molar-refractivity contribution in [2.24, 2.45) is 0 Å². The molecular formula is C20H20F5NO2. The second kappa shape index (κ2) is 8.55. The van der Waals surface area contributed by atoms with Crippen LogP contribution in [0.5, 0.6) is 0 Å². The first-order valence-electron chi connectivity index (χ1n) is 8.81. The highest BCUT2D eigenvalue weighted by Crippen LogP contribution is 2.34. The first-order valence-corrected chi connectivity index (χ1v) is 8.81. The van der Waals surface area contributed by atoms with Crippen LogP contribution in [0.25, 0.3) is 0 Å². The molecule has 1 unspecified atom stereocenters. The van der Waals surface area contributed by atoms with E-state index in [-0.39, 0.29) is 16.9 Å². The summed E-state index contributed by atoms with van der Waals surface area (Å²) in [5.74, 6) is -0.381. The van der Waals surface area contributed by atoms with Crippen LogP contribution in [0.1, 0.15) is 41.3 Å². The number of nitrogens with one attached hydrogen (secondary N) is 1. The molecule has 1 saturated heterocycles. The van der Waals surface area contributed by atoms with Crippen molar-refractivity contribution >= 4 is 0 Å². The third kappa shape index (κ3) is 4.87. The third-order valence-electron chi connectivity index (χ3n) is 4.55. The van der Waals surface area contributed by atoms with Gasteiger partial charge >= 0.3 is 6.18 Å². The molecule has 2 aromatic carbocycles. The van der Waals surface area contributed by atoms with E-state index in [9.17, 15) is 22.0 Å². The molecule has 0 radical (unpaired) electrons. The molecule has 1 heterocycles. The Morgan fingerprint density at radius 2 is 1.89 bits per heavy atom. The summed E-state index contributed by atoms with van der Waals surface area (Å²) in [6.07, 6.45) is -6.16. The lowest BCUT2D eigenvalue weighted by Crippen LogP contribution is -2.43. The fourth-order valence-electron chi connectivity index (χ4n) is 3.12. The van der Waals surface area contributed by atoms with E-state index in [2.05, 4.69) is 5.32 Å². The van der Waals surface area contributed by atoms with E-state index in [1.807, 2.05) is 0 Å². The Morgan fingerprint density at radius 3 is 2.54 bits per heavy atom. The maximum atomic E-state index is 13.2. The van der Waals surface area contributed by atoms with Crippen molar-refractivity contribution in [1.29, 1.82) is 0 Å². The summed E-state index contributed by atoms with van der Waals surface area (Å²) in [5.41, 5.74) is -0.0646. The van der Waals surface area contributed by atoms with Gasteiger partial charge in [0.05, 0.1) is 24.3 Å². The van der Waals surface area contributed by atoms with Gasteiger partial charge in [-0.15, -0.1) is 0 Å². The maximum absolute atomic E-state index is 13.2. The molecule has 1 aliphatic heterocycles. The molecule has 8 heteroatoms. The number of halogens is 5. The van der Waals surface area contributed by atoms with Crippen molar-refractivity contribution in [3.63, 3.8) is 0 Å². The summed E-state index contributed by atoms with van der Waals surface area (Å²) >= 11 is 0. The summed E-state index contributed by atoms with van der Waals surface area (Å²) in [4.78, 5) is 0. The predicted molar refractivity (Wildman–Crippen MR) is 92.6 cm³/mol. The monoisotopic (exact) mass is 401 g/mol. The molecule has 28 heavy (non-hydrogen) atoms. The molecule has 2 aromatic rings. The van der Waals surface area contributed by atoms with Gasteiger partial charge in [0.15, 0.2) is 6.29 Å². The number of morpholine rings is 1. The molecule has 3 atom stereocenters. The molecule has 0 spiro atoms. The molecular weight excluding hydrogens is 381 g/mol. The Balaban J connectivity index is 1.82. The van der Waals surface area contributed by atoms with Crippen LogP contribution < -0.4 is 5.32 Å². The van der Waals surface area contributed by atoms with E-state index in [1.165, 1.54) is 18.2 Å². The second-order valence-corrected chi connectivity index (χ2v) is 6.60. The fourth-order valence-corrected chi connectivity index (χ4v) is 3.12. The summed E-state index contributed by atoms with van der Waals surface area (Å²) in [5, 5.41) is 3.21. The van der Waals surface area contributed by atoms with E-state index in [4.69, 9.17) is 9.47 Å². The zero-order chi connectivity index (χ0) is 20.3. The van der Waals surface area contributed by atoms with E-state index in [0.717, 1.165) is 17.7 Å². The maximum Gasteiger partial charge on any atom is 0.416 e. The van der Waals surface area contributed by atoms with Gasteiger partial charge < -0.3 is 14.8 Å². The smallest absolute Gasteiger partial charge is 0.349 e. The first-order chi connectivity index (χ1) is 13.3. The number of alkyl halides is 4. The van der Waals surface area contributed by atoms with E-state index in [0.29, 0.717) is 13.2 Å². The van der Waals surface area contributed by atoms with Crippen molar-refractivity contribution < 1.29 is 31.4 Å². The Bertz CT molecular complexity index is 794. The number of hydrogen-bond donors (Lipinski definition) is 1. The predicted octanol–water partition coefficient (Wildman–Crippen LogP) is 5.08. The Morgan fingerprint density at radius 1 is 1.18 bits per heavy atom. The zero-order valence-corrected chi connectivity index (χ0v) is 15.1. The molecule has 3 nitrogen and oxygen atoms in total. The van der Waals surface area contributed by atoms with Gasteiger partial charge in [-0.25, -0.2) is 8.78 Å². The highest BCUT2D eigenvalue weighted by molar-refractivity contribution is 5.33. The van der Waals surface area contributed by atoms with Crippen LogP contribution in [0, 0.1) is 5.82 Å². The molecule has 1 N–H and O–H groups in total. The van der Waals surface area contributed by atoms with Gasteiger partial charge in [-0.2, -0.15) is 13.2 Å². The normalized spacial score (nSPS) is 21.5. The second-order valence-electron chi connectivity index (χ2n) is 6.60. The van der Waals surface area contributed by atoms with Crippen LogP contribution in [0.3, 0.4) is 0 Å². The Labute approximate surface area is 159 Å². The zero-order valence-electron chi connectivity index (χ0n) is 15.1. The van der Waals surface area contributed by atoms with Crippen LogP contribution in [-0.4, -0.2) is 19.4 Å². The van der Waals surface area contributed by atoms with E-state index < -0.39 is 36.9 Å². The Kier molecular flexibility index (Phi) is 6.32. The summed E-state index contributed by atoms with van der Waals surface area (Å²) in [6.45, 7) is 1.47. The van der Waals surface area contributed by atoms with Gasteiger partial charge in [0.25, 0.3) is 0 Å². The highest BCUT2D eigenvalue weighted by atomic mass is 19.4. The molecule has 0 amide bonds. The summed E-state index contributed by atoms with van der Waals surface area (Å²) < 4.78 is 77.0.